The normalized spacial score (nSPS) is 11.6. The third-order valence-electron chi connectivity index (χ3n) is 6.22. The minimum atomic E-state index is -1.17. The predicted octanol–water partition coefficient (Wildman–Crippen LogP) is 7.42. The monoisotopic (exact) mass is 567 g/mol. The van der Waals surface area contributed by atoms with Crippen LogP contribution in [-0.4, -0.2) is 33.1 Å². The number of nitrogens with one attached hydrogen (secondary N) is 2. The summed E-state index contributed by atoms with van der Waals surface area (Å²) in [6.07, 6.45) is 0.585. The van der Waals surface area contributed by atoms with Crippen LogP contribution in [0.1, 0.15) is 34.1 Å². The molecule has 40 heavy (non-hydrogen) atoms. The summed E-state index contributed by atoms with van der Waals surface area (Å²) < 4.78 is 0. The molecule has 2 amide bonds. The number of aromatic carboxylic acids is 1. The highest BCUT2D eigenvalue weighted by Gasteiger charge is 2.20. The molecule has 0 saturated heterocycles. The number of carbonyl (C=O) groups is 3. The van der Waals surface area contributed by atoms with Gasteiger partial charge in [0, 0.05) is 21.5 Å². The number of nitrogens with zero attached hydrogens (tertiary/aromatic N) is 1. The van der Waals surface area contributed by atoms with Gasteiger partial charge in [0.1, 0.15) is 0 Å². The van der Waals surface area contributed by atoms with Crippen molar-refractivity contribution in [2.24, 2.45) is 0 Å². The quantitative estimate of drug-likeness (QED) is 0.160. The molecular formula is C31H25N3O4S2. The summed E-state index contributed by atoms with van der Waals surface area (Å²) in [5.41, 5.74) is 2.30. The lowest BCUT2D eigenvalue weighted by atomic mass is 10.1. The molecule has 0 radical (unpaired) electrons. The summed E-state index contributed by atoms with van der Waals surface area (Å²) in [4.78, 5) is 42.8. The maximum Gasteiger partial charge on any atom is 0.336 e. The number of anilines is 2. The Morgan fingerprint density at radius 3 is 2.40 bits per heavy atom. The Bertz CT molecular complexity index is 1720. The van der Waals surface area contributed by atoms with Gasteiger partial charge in [-0.05, 0) is 53.6 Å². The van der Waals surface area contributed by atoms with E-state index in [1.165, 1.54) is 35.2 Å². The molecule has 0 spiro atoms. The maximum atomic E-state index is 13.1. The van der Waals surface area contributed by atoms with Crippen LogP contribution < -0.4 is 10.6 Å². The van der Waals surface area contributed by atoms with Gasteiger partial charge in [-0.2, -0.15) is 0 Å². The third-order valence-corrected chi connectivity index (χ3v) is 8.33. The van der Waals surface area contributed by atoms with Gasteiger partial charge >= 0.3 is 5.97 Å². The second kappa shape index (κ2) is 12.1. The van der Waals surface area contributed by atoms with Crippen LogP contribution in [0.2, 0.25) is 0 Å². The van der Waals surface area contributed by atoms with Crippen molar-refractivity contribution in [3.05, 3.63) is 108 Å². The van der Waals surface area contributed by atoms with E-state index in [1.54, 1.807) is 30.3 Å². The van der Waals surface area contributed by atoms with E-state index in [0.29, 0.717) is 17.2 Å². The fourth-order valence-electron chi connectivity index (χ4n) is 4.20. The van der Waals surface area contributed by atoms with Crippen molar-refractivity contribution in [1.29, 1.82) is 0 Å². The number of hydrogen-bond donors (Lipinski definition) is 3. The van der Waals surface area contributed by atoms with Gasteiger partial charge in [-0.3, -0.25) is 9.59 Å². The molecule has 1 aromatic heterocycles. The highest BCUT2D eigenvalue weighted by molar-refractivity contribution is 8.00. The molecule has 5 aromatic rings. The maximum absolute atomic E-state index is 13.1. The van der Waals surface area contributed by atoms with Crippen LogP contribution in [-0.2, 0) is 4.79 Å². The number of amides is 2. The average molecular weight is 568 g/mol. The number of rotatable bonds is 9. The smallest absolute Gasteiger partial charge is 0.336 e. The number of thiazole rings is 1. The molecule has 1 unspecified atom stereocenters. The Balaban J connectivity index is 1.24. The van der Waals surface area contributed by atoms with Crippen LogP contribution in [0.3, 0.4) is 0 Å². The van der Waals surface area contributed by atoms with Gasteiger partial charge in [0.2, 0.25) is 5.91 Å². The first kappa shape index (κ1) is 27.1. The fourth-order valence-corrected chi connectivity index (χ4v) is 5.93. The number of thioether (sulfide) groups is 1. The zero-order valence-electron chi connectivity index (χ0n) is 21.5. The van der Waals surface area contributed by atoms with Crippen LogP contribution in [0.25, 0.3) is 22.0 Å². The van der Waals surface area contributed by atoms with Crippen molar-refractivity contribution in [2.45, 2.75) is 23.5 Å². The van der Waals surface area contributed by atoms with Gasteiger partial charge in [-0.25, -0.2) is 9.78 Å². The predicted molar refractivity (Wildman–Crippen MR) is 161 cm³/mol. The second-order valence-corrected chi connectivity index (χ2v) is 11.1. The molecule has 0 aliphatic heterocycles. The SMILES string of the molecule is CCC(Sc1cccc(NC(=O)c2ccccc2C(=O)O)c1)C(=O)Nc1nc(-c2ccc3ccccc3c2)cs1. The van der Waals surface area contributed by atoms with Gasteiger partial charge in [-0.1, -0.05) is 61.5 Å². The molecule has 1 heterocycles. The summed E-state index contributed by atoms with van der Waals surface area (Å²) in [5, 5.41) is 19.5. The van der Waals surface area contributed by atoms with Crippen LogP contribution in [0.5, 0.6) is 0 Å². The van der Waals surface area contributed by atoms with Gasteiger partial charge in [0.25, 0.3) is 5.91 Å². The zero-order valence-corrected chi connectivity index (χ0v) is 23.1. The summed E-state index contributed by atoms with van der Waals surface area (Å²) in [6, 6.07) is 27.5. The summed E-state index contributed by atoms with van der Waals surface area (Å²) in [7, 11) is 0. The van der Waals surface area contributed by atoms with Gasteiger partial charge in [0.05, 0.1) is 22.1 Å². The van der Waals surface area contributed by atoms with Gasteiger partial charge < -0.3 is 15.7 Å². The molecule has 9 heteroatoms. The molecule has 5 rings (SSSR count). The van der Waals surface area contributed by atoms with E-state index < -0.39 is 11.9 Å². The highest BCUT2D eigenvalue weighted by Crippen LogP contribution is 2.31. The molecular weight excluding hydrogens is 542 g/mol. The van der Waals surface area contributed by atoms with E-state index in [2.05, 4.69) is 39.9 Å². The number of carbonyl (C=O) groups excluding carboxylic acids is 2. The Morgan fingerprint density at radius 2 is 1.62 bits per heavy atom. The van der Waals surface area contributed by atoms with Crippen LogP contribution in [0.4, 0.5) is 10.8 Å². The molecule has 0 fully saturated rings. The lowest BCUT2D eigenvalue weighted by Crippen LogP contribution is -2.24. The average Bonchev–Trinajstić information content (AvgIpc) is 3.44. The van der Waals surface area contributed by atoms with Crippen molar-refractivity contribution in [3.8, 4) is 11.3 Å². The first-order chi connectivity index (χ1) is 19.4. The van der Waals surface area contributed by atoms with Crippen molar-refractivity contribution in [1.82, 2.24) is 4.98 Å². The molecule has 0 aliphatic carbocycles. The third kappa shape index (κ3) is 6.22. The Labute approximate surface area is 239 Å². The molecule has 200 valence electrons. The van der Waals surface area contributed by atoms with Crippen molar-refractivity contribution in [3.63, 3.8) is 0 Å². The Kier molecular flexibility index (Phi) is 8.23. The first-order valence-corrected chi connectivity index (χ1v) is 14.3. The zero-order chi connectivity index (χ0) is 28.1. The van der Waals surface area contributed by atoms with E-state index in [4.69, 9.17) is 0 Å². The van der Waals surface area contributed by atoms with E-state index in [-0.39, 0.29) is 22.3 Å². The first-order valence-electron chi connectivity index (χ1n) is 12.6. The summed E-state index contributed by atoms with van der Waals surface area (Å²) >= 11 is 2.77. The number of carboxylic acids is 1. The van der Waals surface area contributed by atoms with Crippen molar-refractivity contribution in [2.75, 3.05) is 10.6 Å². The minimum Gasteiger partial charge on any atom is -0.478 e. The molecule has 0 aliphatic rings. The van der Waals surface area contributed by atoms with E-state index in [0.717, 1.165) is 26.9 Å². The molecule has 7 nitrogen and oxygen atoms in total. The van der Waals surface area contributed by atoms with Crippen molar-refractivity contribution >= 4 is 62.5 Å². The van der Waals surface area contributed by atoms with Crippen LogP contribution in [0, 0.1) is 0 Å². The second-order valence-electron chi connectivity index (χ2n) is 8.94. The molecule has 4 aromatic carbocycles. The van der Waals surface area contributed by atoms with Gasteiger partial charge in [-0.15, -0.1) is 23.1 Å². The molecule has 0 saturated carbocycles. The summed E-state index contributed by atoms with van der Waals surface area (Å²) in [6.45, 7) is 1.94. The van der Waals surface area contributed by atoms with Crippen LogP contribution >= 0.6 is 23.1 Å². The number of carboxylic acid groups (broad SMARTS) is 1. The lowest BCUT2D eigenvalue weighted by Gasteiger charge is -2.14. The largest absolute Gasteiger partial charge is 0.478 e. The Morgan fingerprint density at radius 1 is 0.875 bits per heavy atom. The van der Waals surface area contributed by atoms with Crippen molar-refractivity contribution < 1.29 is 19.5 Å². The fraction of sp³-hybridized carbons (Fsp3) is 0.0968. The minimum absolute atomic E-state index is 0.0702. The lowest BCUT2D eigenvalue weighted by molar-refractivity contribution is -0.115. The number of aromatic nitrogens is 1. The Hall–Kier alpha value is -4.47. The number of benzene rings is 4. The van der Waals surface area contributed by atoms with E-state index in [9.17, 15) is 19.5 Å². The topological polar surface area (TPSA) is 108 Å². The van der Waals surface area contributed by atoms with Gasteiger partial charge in [0.15, 0.2) is 5.13 Å². The highest BCUT2D eigenvalue weighted by atomic mass is 32.2. The molecule has 1 atom stereocenters. The standard InChI is InChI=1S/C31H25N3O4S2/c1-2-27(29(36)34-31-33-26(18-39-31)21-15-14-19-8-3-4-9-20(19)16-21)40-23-11-7-10-22(17-23)32-28(35)24-12-5-6-13-25(24)30(37)38/h3-18,27H,2H2,1H3,(H,32,35)(H,37,38)(H,33,34,36). The van der Waals surface area contributed by atoms with E-state index >= 15 is 0 Å². The van der Waals surface area contributed by atoms with E-state index in [1.807, 2.05) is 36.6 Å². The number of fused-ring (bicyclic) bond motifs is 1. The summed E-state index contributed by atoms with van der Waals surface area (Å²) in [5.74, 6) is -1.84. The van der Waals surface area contributed by atoms with Crippen LogP contribution in [0.15, 0.2) is 101 Å². The molecule has 3 N–H and O–H groups in total. The molecule has 0 bridgehead atoms. The number of hydrogen-bond acceptors (Lipinski definition) is 6.